The van der Waals surface area contributed by atoms with Crippen molar-refractivity contribution < 1.29 is 13.6 Å². The molecule has 4 rings (SSSR count). The summed E-state index contributed by atoms with van der Waals surface area (Å²) >= 11 is 0. The minimum absolute atomic E-state index is 0.0910. The Morgan fingerprint density at radius 3 is 2.55 bits per heavy atom. The van der Waals surface area contributed by atoms with Gasteiger partial charge in [0, 0.05) is 42.2 Å². The smallest absolute Gasteiger partial charge is 0.220 e. The van der Waals surface area contributed by atoms with Gasteiger partial charge in [0.05, 0.1) is 0 Å². The Morgan fingerprint density at radius 1 is 0.903 bits per heavy atom. The van der Waals surface area contributed by atoms with Crippen molar-refractivity contribution in [2.75, 3.05) is 0 Å². The first-order valence-corrected chi connectivity index (χ1v) is 10.4. The van der Waals surface area contributed by atoms with Gasteiger partial charge in [-0.1, -0.05) is 48.5 Å². The molecule has 0 atom stereocenters. The molecule has 3 nitrogen and oxygen atoms in total. The number of hydrogen-bond acceptors (Lipinski definition) is 1. The SMILES string of the molecule is O=C(CCCc1cn(Cc2cccc(F)c2)c2ccccc12)NCc1ccccc1F. The van der Waals surface area contributed by atoms with Crippen LogP contribution in [0.25, 0.3) is 10.9 Å². The Labute approximate surface area is 180 Å². The van der Waals surface area contributed by atoms with Crippen LogP contribution in [0.15, 0.2) is 79.0 Å². The number of halogens is 2. The van der Waals surface area contributed by atoms with E-state index in [2.05, 4.69) is 28.2 Å². The highest BCUT2D eigenvalue weighted by molar-refractivity contribution is 5.84. The third-order valence-corrected chi connectivity index (χ3v) is 5.40. The minimum Gasteiger partial charge on any atom is -0.352 e. The van der Waals surface area contributed by atoms with Gasteiger partial charge in [-0.05, 0) is 48.2 Å². The van der Waals surface area contributed by atoms with E-state index in [1.165, 1.54) is 12.1 Å². The van der Waals surface area contributed by atoms with Crippen molar-refractivity contribution >= 4 is 16.8 Å². The van der Waals surface area contributed by atoms with Crippen LogP contribution in [0.2, 0.25) is 0 Å². The van der Waals surface area contributed by atoms with Gasteiger partial charge in [-0.2, -0.15) is 0 Å². The summed E-state index contributed by atoms with van der Waals surface area (Å²) in [4.78, 5) is 12.2. The van der Waals surface area contributed by atoms with Crippen LogP contribution in [0.3, 0.4) is 0 Å². The zero-order chi connectivity index (χ0) is 21.6. The lowest BCUT2D eigenvalue weighted by Crippen LogP contribution is -2.23. The summed E-state index contributed by atoms with van der Waals surface area (Å²) in [5, 5.41) is 3.93. The number of hydrogen-bond donors (Lipinski definition) is 1. The summed E-state index contributed by atoms with van der Waals surface area (Å²) in [6.45, 7) is 0.778. The van der Waals surface area contributed by atoms with Crippen LogP contribution in [-0.4, -0.2) is 10.5 Å². The first-order chi connectivity index (χ1) is 15.1. The van der Waals surface area contributed by atoms with Gasteiger partial charge in [0.25, 0.3) is 0 Å². The number of nitrogens with one attached hydrogen (secondary N) is 1. The van der Waals surface area contributed by atoms with Gasteiger partial charge in [0.2, 0.25) is 5.91 Å². The van der Waals surface area contributed by atoms with E-state index >= 15 is 0 Å². The molecule has 0 aliphatic heterocycles. The molecule has 0 aliphatic rings. The van der Waals surface area contributed by atoms with E-state index in [0.29, 0.717) is 24.9 Å². The molecular formula is C26H24F2N2O. The third-order valence-electron chi connectivity index (χ3n) is 5.40. The number of carbonyl (C=O) groups excluding carboxylic acids is 1. The number of rotatable bonds is 8. The predicted octanol–water partition coefficient (Wildman–Crippen LogP) is 5.61. The molecule has 3 aromatic carbocycles. The molecule has 1 heterocycles. The van der Waals surface area contributed by atoms with E-state index in [-0.39, 0.29) is 24.1 Å². The standard InChI is InChI=1S/C26H24F2N2O/c27-22-10-5-7-19(15-22)17-30-18-21(23-11-2-4-13-25(23)30)9-6-14-26(31)29-16-20-8-1-3-12-24(20)28/h1-5,7-8,10-13,15,18H,6,9,14,16-17H2,(H,29,31). The Balaban J connectivity index is 1.38. The van der Waals surface area contributed by atoms with E-state index in [4.69, 9.17) is 0 Å². The second-order valence-corrected chi connectivity index (χ2v) is 7.65. The zero-order valence-corrected chi connectivity index (χ0v) is 17.2. The van der Waals surface area contributed by atoms with Crippen molar-refractivity contribution in [3.63, 3.8) is 0 Å². The molecular weight excluding hydrogens is 394 g/mol. The van der Waals surface area contributed by atoms with Crippen LogP contribution >= 0.6 is 0 Å². The summed E-state index contributed by atoms with van der Waals surface area (Å²) < 4.78 is 29.3. The number of benzene rings is 3. The molecule has 158 valence electrons. The monoisotopic (exact) mass is 418 g/mol. The lowest BCUT2D eigenvalue weighted by atomic mass is 10.1. The largest absolute Gasteiger partial charge is 0.352 e. The quantitative estimate of drug-likeness (QED) is 0.397. The molecule has 1 aromatic heterocycles. The van der Waals surface area contributed by atoms with E-state index in [0.717, 1.165) is 28.5 Å². The lowest BCUT2D eigenvalue weighted by Gasteiger charge is -2.06. The second-order valence-electron chi connectivity index (χ2n) is 7.65. The van der Waals surface area contributed by atoms with Crippen molar-refractivity contribution in [1.82, 2.24) is 9.88 Å². The molecule has 0 bridgehead atoms. The topological polar surface area (TPSA) is 34.0 Å². The summed E-state index contributed by atoms with van der Waals surface area (Å²) in [5.41, 5.74) is 3.63. The fraction of sp³-hybridized carbons (Fsp3) is 0.192. The molecule has 0 aliphatic carbocycles. The Morgan fingerprint density at radius 2 is 1.71 bits per heavy atom. The van der Waals surface area contributed by atoms with E-state index in [1.807, 2.05) is 18.2 Å². The minimum atomic E-state index is -0.311. The van der Waals surface area contributed by atoms with Crippen molar-refractivity contribution in [3.8, 4) is 0 Å². The van der Waals surface area contributed by atoms with Crippen LogP contribution in [-0.2, 0) is 24.3 Å². The van der Waals surface area contributed by atoms with Gasteiger partial charge in [-0.15, -0.1) is 0 Å². The van der Waals surface area contributed by atoms with Gasteiger partial charge in [0.15, 0.2) is 0 Å². The molecule has 4 aromatic rings. The Bertz CT molecular complexity index is 1200. The molecule has 0 fully saturated rings. The third kappa shape index (κ3) is 5.18. The first kappa shape index (κ1) is 20.8. The van der Waals surface area contributed by atoms with Crippen LogP contribution in [0.1, 0.15) is 29.5 Å². The van der Waals surface area contributed by atoms with Crippen LogP contribution in [0, 0.1) is 11.6 Å². The average molecular weight is 418 g/mol. The molecule has 0 unspecified atom stereocenters. The molecule has 0 saturated heterocycles. The summed E-state index contributed by atoms with van der Waals surface area (Å²) in [7, 11) is 0. The summed E-state index contributed by atoms with van der Waals surface area (Å²) in [6.07, 6.45) is 3.91. The van der Waals surface area contributed by atoms with Crippen molar-refractivity contribution in [2.45, 2.75) is 32.4 Å². The summed E-state index contributed by atoms with van der Waals surface area (Å²) in [6, 6.07) is 21.2. The second kappa shape index (κ2) is 9.56. The zero-order valence-electron chi connectivity index (χ0n) is 17.2. The van der Waals surface area contributed by atoms with Gasteiger partial charge in [0.1, 0.15) is 11.6 Å². The highest BCUT2D eigenvalue weighted by Crippen LogP contribution is 2.24. The lowest BCUT2D eigenvalue weighted by molar-refractivity contribution is -0.121. The summed E-state index contributed by atoms with van der Waals surface area (Å²) in [5.74, 6) is -0.642. The van der Waals surface area contributed by atoms with E-state index in [1.54, 1.807) is 30.3 Å². The molecule has 0 radical (unpaired) electrons. The predicted molar refractivity (Wildman–Crippen MR) is 119 cm³/mol. The number of amides is 1. The number of carbonyl (C=O) groups is 1. The highest BCUT2D eigenvalue weighted by Gasteiger charge is 2.10. The molecule has 0 saturated carbocycles. The number of aromatic nitrogens is 1. The Hall–Kier alpha value is -3.47. The van der Waals surface area contributed by atoms with Crippen molar-refractivity contribution in [2.24, 2.45) is 0 Å². The number of para-hydroxylation sites is 1. The van der Waals surface area contributed by atoms with Crippen LogP contribution < -0.4 is 5.32 Å². The maximum Gasteiger partial charge on any atom is 0.220 e. The van der Waals surface area contributed by atoms with Crippen LogP contribution in [0.5, 0.6) is 0 Å². The van der Waals surface area contributed by atoms with Gasteiger partial charge >= 0.3 is 0 Å². The molecule has 31 heavy (non-hydrogen) atoms. The first-order valence-electron chi connectivity index (χ1n) is 10.4. The van der Waals surface area contributed by atoms with Gasteiger partial charge < -0.3 is 9.88 Å². The van der Waals surface area contributed by atoms with Gasteiger partial charge in [-0.3, -0.25) is 4.79 Å². The normalized spacial score (nSPS) is 11.0. The molecule has 5 heteroatoms. The Kier molecular flexibility index (Phi) is 6.41. The van der Waals surface area contributed by atoms with Crippen molar-refractivity contribution in [3.05, 3.63) is 107 Å². The molecule has 1 amide bonds. The highest BCUT2D eigenvalue weighted by atomic mass is 19.1. The van der Waals surface area contributed by atoms with E-state index in [9.17, 15) is 13.6 Å². The number of nitrogens with zero attached hydrogens (tertiary/aromatic N) is 1. The number of fused-ring (bicyclic) bond motifs is 1. The maximum atomic E-state index is 13.7. The average Bonchev–Trinajstić information content (AvgIpc) is 3.11. The van der Waals surface area contributed by atoms with Gasteiger partial charge in [-0.25, -0.2) is 8.78 Å². The molecule has 1 N–H and O–H groups in total. The fourth-order valence-corrected chi connectivity index (χ4v) is 3.85. The maximum absolute atomic E-state index is 13.7. The fourth-order valence-electron chi connectivity index (χ4n) is 3.85. The van der Waals surface area contributed by atoms with Crippen molar-refractivity contribution in [1.29, 1.82) is 0 Å². The van der Waals surface area contributed by atoms with E-state index < -0.39 is 0 Å². The number of aryl methyl sites for hydroxylation is 1. The molecule has 0 spiro atoms. The van der Waals surface area contributed by atoms with Crippen LogP contribution in [0.4, 0.5) is 8.78 Å².